The molecule has 4 aliphatic carbocycles. The van der Waals surface area contributed by atoms with E-state index in [1.54, 1.807) is 0 Å². The van der Waals surface area contributed by atoms with Crippen LogP contribution in [0.4, 0.5) is 0 Å². The van der Waals surface area contributed by atoms with E-state index >= 15 is 0 Å². The summed E-state index contributed by atoms with van der Waals surface area (Å²) in [4.78, 5) is 24.0. The molecule has 0 radical (unpaired) electrons. The summed E-state index contributed by atoms with van der Waals surface area (Å²) in [5.74, 6) is -1.69. The van der Waals surface area contributed by atoms with Gasteiger partial charge in [0.15, 0.2) is 0 Å². The Labute approximate surface area is 171 Å². The number of carbonyl (C=O) groups excluding carboxylic acids is 1. The summed E-state index contributed by atoms with van der Waals surface area (Å²) in [6.07, 6.45) is 4.29. The van der Waals surface area contributed by atoms with Gasteiger partial charge in [-0.2, -0.15) is 0 Å². The van der Waals surface area contributed by atoms with E-state index < -0.39 is 34.5 Å². The van der Waals surface area contributed by atoms with Crippen molar-refractivity contribution in [1.29, 1.82) is 0 Å². The SMILES string of the molecule is CC(=O)OC[C@@]1(C(=O)O)CCC[C@]2(C)[C@@H]1C[C@H](O)[C@@]13C[C@@H](CC[C@@H]21)[C@@](O)(CO)C3. The van der Waals surface area contributed by atoms with E-state index in [4.69, 9.17) is 4.74 Å². The number of ether oxygens (including phenoxy) is 1. The zero-order chi connectivity index (χ0) is 21.2. The third-order valence-corrected chi connectivity index (χ3v) is 9.47. The van der Waals surface area contributed by atoms with E-state index in [9.17, 15) is 30.0 Å². The molecule has 0 amide bonds. The first-order valence-corrected chi connectivity index (χ1v) is 10.9. The Morgan fingerprint density at radius 3 is 2.52 bits per heavy atom. The van der Waals surface area contributed by atoms with E-state index in [1.165, 1.54) is 6.92 Å². The fraction of sp³-hybridized carbons (Fsp3) is 0.909. The summed E-state index contributed by atoms with van der Waals surface area (Å²) in [5, 5.41) is 42.5. The number of carboxylic acids is 1. The lowest BCUT2D eigenvalue weighted by molar-refractivity contribution is -0.220. The highest BCUT2D eigenvalue weighted by molar-refractivity contribution is 5.76. The second kappa shape index (κ2) is 6.66. The predicted molar refractivity (Wildman–Crippen MR) is 103 cm³/mol. The van der Waals surface area contributed by atoms with Gasteiger partial charge in [-0.3, -0.25) is 9.59 Å². The maximum Gasteiger partial charge on any atom is 0.313 e. The zero-order valence-electron chi connectivity index (χ0n) is 17.4. The Morgan fingerprint density at radius 2 is 1.90 bits per heavy atom. The standard InChI is InChI=1S/C22H34O7/c1-13(24)29-12-20(18(26)27)7-3-6-19(2)15-5-4-14-9-21(15,10-22(14,28)11-23)17(25)8-16(19)20/h14-17,23,25,28H,3-12H2,1-2H3,(H,26,27)/t14-,15+,16+,17+,19+,20+,21-,22+/m1/s1. The molecule has 0 unspecified atom stereocenters. The van der Waals surface area contributed by atoms with Gasteiger partial charge in [-0.05, 0) is 68.1 Å². The number of aliphatic carboxylic acids is 1. The van der Waals surface area contributed by atoms with Crippen LogP contribution in [0.5, 0.6) is 0 Å². The van der Waals surface area contributed by atoms with Crippen LogP contribution in [0.2, 0.25) is 0 Å². The van der Waals surface area contributed by atoms with E-state index in [2.05, 4.69) is 6.92 Å². The molecule has 0 heterocycles. The summed E-state index contributed by atoms with van der Waals surface area (Å²) in [6, 6.07) is 0. The highest BCUT2D eigenvalue weighted by Gasteiger charge is 2.72. The maximum absolute atomic E-state index is 12.5. The van der Waals surface area contributed by atoms with Gasteiger partial charge in [0, 0.05) is 12.3 Å². The summed E-state index contributed by atoms with van der Waals surface area (Å²) in [5.41, 5.74) is -3.14. The van der Waals surface area contributed by atoms with Crippen molar-refractivity contribution in [2.45, 2.75) is 76.9 Å². The molecule has 0 aliphatic heterocycles. The first kappa shape index (κ1) is 21.1. The van der Waals surface area contributed by atoms with Gasteiger partial charge in [-0.25, -0.2) is 0 Å². The molecule has 4 rings (SSSR count). The van der Waals surface area contributed by atoms with Gasteiger partial charge >= 0.3 is 11.9 Å². The summed E-state index contributed by atoms with van der Waals surface area (Å²) in [6.45, 7) is 2.98. The minimum absolute atomic E-state index is 0.0209. The first-order valence-electron chi connectivity index (χ1n) is 10.9. The average molecular weight is 411 g/mol. The molecule has 4 N–H and O–H groups in total. The predicted octanol–water partition coefficient (Wildman–Crippen LogP) is 1.72. The fourth-order valence-corrected chi connectivity index (χ4v) is 8.24. The van der Waals surface area contributed by atoms with Crippen LogP contribution < -0.4 is 0 Å². The summed E-state index contributed by atoms with van der Waals surface area (Å²) < 4.78 is 5.25. The molecule has 0 aromatic heterocycles. The smallest absolute Gasteiger partial charge is 0.313 e. The number of fused-ring (bicyclic) bond motifs is 3. The van der Waals surface area contributed by atoms with E-state index in [0.29, 0.717) is 25.7 Å². The van der Waals surface area contributed by atoms with Crippen molar-refractivity contribution in [2.75, 3.05) is 13.2 Å². The number of carboxylic acid groups (broad SMARTS) is 1. The highest BCUT2D eigenvalue weighted by Crippen LogP contribution is 2.72. The van der Waals surface area contributed by atoms with Crippen LogP contribution in [0, 0.1) is 34.0 Å². The molecule has 164 valence electrons. The number of rotatable bonds is 4. The Kier molecular flexibility index (Phi) is 4.84. The van der Waals surface area contributed by atoms with Crippen molar-refractivity contribution < 1.29 is 34.8 Å². The molecule has 2 bridgehead atoms. The fourth-order valence-electron chi connectivity index (χ4n) is 8.24. The molecule has 4 aliphatic rings. The monoisotopic (exact) mass is 410 g/mol. The summed E-state index contributed by atoms with van der Waals surface area (Å²) >= 11 is 0. The van der Waals surface area contributed by atoms with Crippen LogP contribution in [0.1, 0.15) is 65.2 Å². The Morgan fingerprint density at radius 1 is 1.17 bits per heavy atom. The van der Waals surface area contributed by atoms with Crippen LogP contribution in [-0.4, -0.2) is 57.3 Å². The molecule has 8 atom stereocenters. The number of esters is 1. The van der Waals surface area contributed by atoms with Gasteiger partial charge < -0.3 is 25.2 Å². The third-order valence-electron chi connectivity index (χ3n) is 9.47. The molecule has 4 fully saturated rings. The van der Waals surface area contributed by atoms with E-state index in [-0.39, 0.29) is 36.4 Å². The Hall–Kier alpha value is -1.18. The molecule has 4 saturated carbocycles. The second-order valence-corrected chi connectivity index (χ2v) is 10.6. The number of aliphatic hydroxyl groups is 3. The van der Waals surface area contributed by atoms with Gasteiger partial charge in [-0.1, -0.05) is 13.3 Å². The van der Waals surface area contributed by atoms with Gasteiger partial charge in [0.2, 0.25) is 0 Å². The number of carbonyl (C=O) groups is 2. The van der Waals surface area contributed by atoms with Crippen molar-refractivity contribution in [1.82, 2.24) is 0 Å². The number of hydrogen-bond donors (Lipinski definition) is 4. The zero-order valence-corrected chi connectivity index (χ0v) is 17.4. The number of hydrogen-bond acceptors (Lipinski definition) is 6. The van der Waals surface area contributed by atoms with Crippen LogP contribution in [-0.2, 0) is 14.3 Å². The van der Waals surface area contributed by atoms with Gasteiger partial charge in [-0.15, -0.1) is 0 Å². The lowest BCUT2D eigenvalue weighted by atomic mass is 9.40. The average Bonchev–Trinajstić information content (AvgIpc) is 2.89. The van der Waals surface area contributed by atoms with Crippen molar-refractivity contribution in [3.05, 3.63) is 0 Å². The molecule has 1 spiro atoms. The molecule has 7 heteroatoms. The lowest BCUT2D eigenvalue weighted by Crippen LogP contribution is -2.64. The molecule has 0 saturated heterocycles. The molecule has 0 aromatic carbocycles. The quantitative estimate of drug-likeness (QED) is 0.520. The molecular weight excluding hydrogens is 376 g/mol. The topological polar surface area (TPSA) is 124 Å². The number of aliphatic hydroxyl groups excluding tert-OH is 2. The van der Waals surface area contributed by atoms with E-state index in [1.807, 2.05) is 0 Å². The minimum atomic E-state index is -1.19. The highest BCUT2D eigenvalue weighted by atomic mass is 16.5. The Bertz CT molecular complexity index is 709. The molecule has 0 aromatic rings. The Balaban J connectivity index is 1.75. The largest absolute Gasteiger partial charge is 0.481 e. The van der Waals surface area contributed by atoms with Crippen LogP contribution >= 0.6 is 0 Å². The van der Waals surface area contributed by atoms with Crippen LogP contribution in [0.25, 0.3) is 0 Å². The minimum Gasteiger partial charge on any atom is -0.481 e. The van der Waals surface area contributed by atoms with Gasteiger partial charge in [0.25, 0.3) is 0 Å². The second-order valence-electron chi connectivity index (χ2n) is 10.6. The van der Waals surface area contributed by atoms with Crippen LogP contribution in [0.3, 0.4) is 0 Å². The van der Waals surface area contributed by atoms with Gasteiger partial charge in [0.1, 0.15) is 12.0 Å². The van der Waals surface area contributed by atoms with Crippen molar-refractivity contribution in [2.24, 2.45) is 34.0 Å². The lowest BCUT2D eigenvalue weighted by Gasteiger charge is -2.65. The van der Waals surface area contributed by atoms with Crippen molar-refractivity contribution in [3.63, 3.8) is 0 Å². The van der Waals surface area contributed by atoms with Crippen LogP contribution in [0.15, 0.2) is 0 Å². The van der Waals surface area contributed by atoms with E-state index in [0.717, 1.165) is 25.7 Å². The normalized spacial score (nSPS) is 51.1. The van der Waals surface area contributed by atoms with Crippen molar-refractivity contribution >= 4 is 11.9 Å². The third kappa shape index (κ3) is 2.73. The maximum atomic E-state index is 12.5. The van der Waals surface area contributed by atoms with Gasteiger partial charge in [0.05, 0.1) is 18.3 Å². The molecule has 7 nitrogen and oxygen atoms in total. The molecule has 29 heavy (non-hydrogen) atoms. The summed E-state index contributed by atoms with van der Waals surface area (Å²) in [7, 11) is 0. The first-order chi connectivity index (χ1) is 13.5. The van der Waals surface area contributed by atoms with Crippen molar-refractivity contribution in [3.8, 4) is 0 Å². The molecular formula is C22H34O7.